The lowest BCUT2D eigenvalue weighted by Crippen LogP contribution is -2.21. The van der Waals surface area contributed by atoms with Gasteiger partial charge in [-0.25, -0.2) is 15.0 Å². The number of fused-ring (bicyclic) bond motifs is 2. The molecule has 0 atom stereocenters. The number of nitrogens with zero attached hydrogens (tertiary/aromatic N) is 3. The van der Waals surface area contributed by atoms with Crippen molar-refractivity contribution in [2.75, 3.05) is 57.1 Å². The van der Waals surface area contributed by atoms with Crippen molar-refractivity contribution in [1.29, 1.82) is 0 Å². The van der Waals surface area contributed by atoms with E-state index in [0.29, 0.717) is 62.0 Å². The van der Waals surface area contributed by atoms with E-state index < -0.39 is 11.8 Å². The van der Waals surface area contributed by atoms with Crippen molar-refractivity contribution in [1.82, 2.24) is 20.3 Å². The predicted octanol–water partition coefficient (Wildman–Crippen LogP) is 2.96. The van der Waals surface area contributed by atoms with Crippen molar-refractivity contribution >= 4 is 45.3 Å². The number of nitrogens with one attached hydrogen (secondary N) is 3. The van der Waals surface area contributed by atoms with E-state index in [0.717, 1.165) is 10.8 Å². The minimum Gasteiger partial charge on any atom is -0.492 e. The molecule has 232 valence electrons. The number of aromatic nitrogens is 3. The summed E-state index contributed by atoms with van der Waals surface area (Å²) in [6, 6.07) is 20.9. The molecule has 0 saturated heterocycles. The number of para-hydroxylation sites is 2. The lowest BCUT2D eigenvalue weighted by atomic mass is 10.2. The molecule has 5 rings (SSSR count). The highest BCUT2D eigenvalue weighted by Crippen LogP contribution is 2.29. The van der Waals surface area contributed by atoms with E-state index in [9.17, 15) is 9.59 Å². The Morgan fingerprint density at radius 2 is 1.16 bits per heavy atom. The molecule has 0 aliphatic rings. The summed E-state index contributed by atoms with van der Waals surface area (Å²) in [4.78, 5) is 40.4. The Morgan fingerprint density at radius 1 is 0.667 bits per heavy atom. The van der Waals surface area contributed by atoms with Crippen molar-refractivity contribution < 1.29 is 23.8 Å². The van der Waals surface area contributed by atoms with Crippen molar-refractivity contribution in [3.8, 4) is 17.2 Å². The van der Waals surface area contributed by atoms with Crippen molar-refractivity contribution in [2.24, 2.45) is 11.5 Å². The zero-order valence-electron chi connectivity index (χ0n) is 24.7. The monoisotopic (exact) mass is 610 g/mol. The van der Waals surface area contributed by atoms with Crippen LogP contribution in [0.3, 0.4) is 0 Å². The van der Waals surface area contributed by atoms with Gasteiger partial charge in [-0.3, -0.25) is 9.59 Å². The van der Waals surface area contributed by atoms with Crippen molar-refractivity contribution in [2.45, 2.75) is 0 Å². The fourth-order valence-electron chi connectivity index (χ4n) is 4.44. The number of anilines is 2. The van der Waals surface area contributed by atoms with Gasteiger partial charge in [-0.1, -0.05) is 24.3 Å². The zero-order chi connectivity index (χ0) is 31.6. The van der Waals surface area contributed by atoms with E-state index in [1.165, 1.54) is 12.1 Å². The number of carbonyl (C=O) groups excluding carboxylic acids is 2. The molecule has 7 N–H and O–H groups in total. The minimum absolute atomic E-state index is 0.0556. The smallest absolute Gasteiger partial charge is 0.275 e. The Bertz CT molecular complexity index is 1690. The highest BCUT2D eigenvalue weighted by Gasteiger charge is 2.19. The van der Waals surface area contributed by atoms with Crippen LogP contribution in [0, 0.1) is 0 Å². The largest absolute Gasteiger partial charge is 0.492 e. The van der Waals surface area contributed by atoms with Gasteiger partial charge < -0.3 is 41.6 Å². The number of carbonyl (C=O) groups is 2. The van der Waals surface area contributed by atoms with Gasteiger partial charge in [0.05, 0.1) is 11.0 Å². The highest BCUT2D eigenvalue weighted by molar-refractivity contribution is 6.07. The summed E-state index contributed by atoms with van der Waals surface area (Å²) in [5.74, 6) is 0.615. The maximum Gasteiger partial charge on any atom is 0.275 e. The van der Waals surface area contributed by atoms with Gasteiger partial charge in [0.25, 0.3) is 11.8 Å². The SMILES string of the molecule is CNCCOc1cc(C(=O)Nc2cc(OCCN)c3ccccc3n2)nc(C(=O)Nc2cc(OCCN)c3ccccc3n2)c1. The summed E-state index contributed by atoms with van der Waals surface area (Å²) in [6.45, 7) is 2.07. The van der Waals surface area contributed by atoms with Gasteiger partial charge in [-0.15, -0.1) is 0 Å². The first-order valence-corrected chi connectivity index (χ1v) is 14.4. The Hall–Kier alpha value is -5.37. The van der Waals surface area contributed by atoms with Crippen LogP contribution in [0.2, 0.25) is 0 Å². The number of nitrogens with two attached hydrogens (primary N) is 2. The minimum atomic E-state index is -0.600. The summed E-state index contributed by atoms with van der Waals surface area (Å²) < 4.78 is 17.4. The van der Waals surface area contributed by atoms with Gasteiger partial charge in [0.1, 0.15) is 60.1 Å². The van der Waals surface area contributed by atoms with Crippen LogP contribution < -0.4 is 41.6 Å². The van der Waals surface area contributed by atoms with Crippen LogP contribution in [-0.4, -0.2) is 73.3 Å². The molecule has 45 heavy (non-hydrogen) atoms. The number of rotatable bonds is 14. The molecular formula is C32H34N8O5. The molecule has 3 heterocycles. The summed E-state index contributed by atoms with van der Waals surface area (Å²) in [7, 11) is 1.79. The molecule has 0 aliphatic carbocycles. The second-order valence-corrected chi connectivity index (χ2v) is 9.75. The first-order valence-electron chi connectivity index (χ1n) is 14.4. The molecule has 0 saturated carbocycles. The van der Waals surface area contributed by atoms with Gasteiger partial charge >= 0.3 is 0 Å². The fraction of sp³-hybridized carbons (Fsp3) is 0.219. The molecule has 2 amide bonds. The summed E-state index contributed by atoms with van der Waals surface area (Å²) in [6.07, 6.45) is 0. The molecule has 0 bridgehead atoms. The summed E-state index contributed by atoms with van der Waals surface area (Å²) in [5.41, 5.74) is 12.4. The number of hydrogen-bond acceptors (Lipinski definition) is 11. The molecule has 0 fully saturated rings. The number of benzene rings is 2. The third-order valence-electron chi connectivity index (χ3n) is 6.48. The average molecular weight is 611 g/mol. The average Bonchev–Trinajstić information content (AvgIpc) is 3.06. The van der Waals surface area contributed by atoms with E-state index in [2.05, 4.69) is 30.9 Å². The molecule has 0 aliphatic heterocycles. The molecule has 3 aromatic heterocycles. The molecule has 0 unspecified atom stereocenters. The molecule has 2 aromatic carbocycles. The second-order valence-electron chi connectivity index (χ2n) is 9.75. The Balaban J connectivity index is 1.44. The summed E-state index contributed by atoms with van der Waals surface area (Å²) >= 11 is 0. The maximum atomic E-state index is 13.5. The number of amides is 2. The lowest BCUT2D eigenvalue weighted by molar-refractivity contribution is 0.101. The van der Waals surface area contributed by atoms with Gasteiger partial charge in [0.15, 0.2) is 0 Å². The van der Waals surface area contributed by atoms with E-state index in [1.807, 2.05) is 48.5 Å². The molecule has 13 nitrogen and oxygen atoms in total. The van der Waals surface area contributed by atoms with Crippen molar-refractivity contribution in [3.63, 3.8) is 0 Å². The first-order chi connectivity index (χ1) is 22.0. The van der Waals surface area contributed by atoms with E-state index in [1.54, 1.807) is 19.2 Å². The van der Waals surface area contributed by atoms with Crippen LogP contribution in [0.1, 0.15) is 21.0 Å². The summed E-state index contributed by atoms with van der Waals surface area (Å²) in [5, 5.41) is 10.1. The van der Waals surface area contributed by atoms with E-state index in [4.69, 9.17) is 25.7 Å². The molecule has 0 radical (unpaired) electrons. The van der Waals surface area contributed by atoms with Gasteiger partial charge in [-0.05, 0) is 31.3 Å². The van der Waals surface area contributed by atoms with E-state index >= 15 is 0 Å². The third kappa shape index (κ3) is 7.78. The molecule has 13 heteroatoms. The topological polar surface area (TPSA) is 189 Å². The zero-order valence-corrected chi connectivity index (χ0v) is 24.7. The van der Waals surface area contributed by atoms with Crippen LogP contribution >= 0.6 is 0 Å². The fourth-order valence-corrected chi connectivity index (χ4v) is 4.44. The maximum absolute atomic E-state index is 13.5. The molecular weight excluding hydrogens is 576 g/mol. The lowest BCUT2D eigenvalue weighted by Gasteiger charge is -2.13. The highest BCUT2D eigenvalue weighted by atomic mass is 16.5. The Labute approximate surface area is 259 Å². The third-order valence-corrected chi connectivity index (χ3v) is 6.48. The standard InChI is InChI=1S/C32H34N8O5/c1-35-12-15-43-20-16-25(31(41)39-29-18-27(44-13-10-33)21-6-2-4-8-23(21)37-29)36-26(17-20)32(42)40-30-19-28(45-14-11-34)22-7-3-5-9-24(22)38-30/h2-9,16-19,35H,10-15,33-34H2,1H3,(H,37,39,41)(H,38,40,42). The number of ether oxygens (including phenoxy) is 3. The Morgan fingerprint density at radius 3 is 1.62 bits per heavy atom. The van der Waals surface area contributed by atoms with Gasteiger partial charge in [-0.2, -0.15) is 0 Å². The number of likely N-dealkylation sites (N-methyl/N-ethyl adjacent to an activating group) is 1. The van der Waals surface area contributed by atoms with Gasteiger partial charge in [0.2, 0.25) is 0 Å². The molecule has 5 aromatic rings. The van der Waals surface area contributed by atoms with Crippen molar-refractivity contribution in [3.05, 3.63) is 84.2 Å². The van der Waals surface area contributed by atoms with Crippen LogP contribution in [-0.2, 0) is 0 Å². The quantitative estimate of drug-likeness (QED) is 0.116. The van der Waals surface area contributed by atoms with Gasteiger partial charge in [0, 0.05) is 54.7 Å². The number of hydrogen-bond donors (Lipinski definition) is 5. The first kappa shape index (κ1) is 31.1. The Kier molecular flexibility index (Phi) is 10.3. The normalized spacial score (nSPS) is 10.9. The predicted molar refractivity (Wildman–Crippen MR) is 172 cm³/mol. The van der Waals surface area contributed by atoms with E-state index in [-0.39, 0.29) is 28.8 Å². The second kappa shape index (κ2) is 14.9. The van der Waals surface area contributed by atoms with Crippen LogP contribution in [0.25, 0.3) is 21.8 Å². The van der Waals surface area contributed by atoms with Crippen LogP contribution in [0.5, 0.6) is 17.2 Å². The number of pyridine rings is 3. The van der Waals surface area contributed by atoms with Crippen LogP contribution in [0.15, 0.2) is 72.8 Å². The molecule has 0 spiro atoms. The van der Waals surface area contributed by atoms with Crippen LogP contribution in [0.4, 0.5) is 11.6 Å².